The molecule has 0 rings (SSSR count). The van der Waals surface area contributed by atoms with Gasteiger partial charge in [0, 0.05) is 12.8 Å². The highest BCUT2D eigenvalue weighted by Gasteiger charge is 2.22. The highest BCUT2D eigenvalue weighted by molar-refractivity contribution is 7.45. The van der Waals surface area contributed by atoms with Crippen LogP contribution in [0.2, 0.25) is 0 Å². The minimum absolute atomic E-state index is 0.0297. The van der Waals surface area contributed by atoms with Crippen LogP contribution in [-0.4, -0.2) is 70.0 Å². The molecule has 0 saturated heterocycles. The van der Waals surface area contributed by atoms with Crippen molar-refractivity contribution in [1.29, 1.82) is 0 Å². The number of allylic oxidation sites excluding steroid dienone is 6. The quantitative estimate of drug-likeness (QED) is 0.0195. The molecule has 484 valence electrons. The van der Waals surface area contributed by atoms with E-state index in [1.807, 2.05) is 21.1 Å². The molecule has 2 unspecified atom stereocenters. The number of hydrogen-bond acceptors (Lipinski definition) is 8. The summed E-state index contributed by atoms with van der Waals surface area (Å²) in [6.45, 7) is 4.28. The topological polar surface area (TPSA) is 111 Å². The van der Waals surface area contributed by atoms with Crippen molar-refractivity contribution >= 4 is 19.8 Å². The lowest BCUT2D eigenvalue weighted by molar-refractivity contribution is -0.870. The van der Waals surface area contributed by atoms with Crippen LogP contribution >= 0.6 is 7.82 Å². The van der Waals surface area contributed by atoms with Gasteiger partial charge < -0.3 is 27.9 Å². The van der Waals surface area contributed by atoms with Crippen LogP contribution in [0.15, 0.2) is 36.5 Å². The number of likely N-dealkylation sites (N-methyl/N-ethyl adjacent to an activating group) is 1. The Morgan fingerprint density at radius 3 is 0.976 bits per heavy atom. The van der Waals surface area contributed by atoms with Gasteiger partial charge in [-0.3, -0.25) is 14.2 Å². The first-order chi connectivity index (χ1) is 40.0. The van der Waals surface area contributed by atoms with Gasteiger partial charge in [0.05, 0.1) is 27.7 Å². The van der Waals surface area contributed by atoms with Gasteiger partial charge in [0.15, 0.2) is 6.10 Å². The summed E-state index contributed by atoms with van der Waals surface area (Å²) >= 11 is 0. The van der Waals surface area contributed by atoms with E-state index >= 15 is 0 Å². The van der Waals surface area contributed by atoms with Crippen molar-refractivity contribution in [2.24, 2.45) is 0 Å². The lowest BCUT2D eigenvalue weighted by Gasteiger charge is -2.28. The largest absolute Gasteiger partial charge is 0.756 e. The highest BCUT2D eigenvalue weighted by Crippen LogP contribution is 2.38. The summed E-state index contributed by atoms with van der Waals surface area (Å²) in [5.41, 5.74) is 0. The van der Waals surface area contributed by atoms with Crippen LogP contribution in [0, 0.1) is 0 Å². The SMILES string of the molecule is CCCCCCC/C=C\C/C=C\CCCCCCCCCCCC(=O)OC(COC(=O)CCCCCCCCCCCCCCCCCCCCCCCCCCC/C=C\CCCCCCCCCC)COP(=O)([O-])OCC[N+](C)(C)C. The van der Waals surface area contributed by atoms with E-state index in [0.29, 0.717) is 17.4 Å². The normalized spacial score (nSPS) is 13.3. The molecule has 0 aliphatic heterocycles. The first-order valence-corrected chi connectivity index (χ1v) is 37.2. The minimum Gasteiger partial charge on any atom is -0.756 e. The molecule has 0 saturated carbocycles. The summed E-state index contributed by atoms with van der Waals surface area (Å²) in [6.07, 6.45) is 81.0. The van der Waals surface area contributed by atoms with Gasteiger partial charge in [0.2, 0.25) is 0 Å². The fraction of sp³-hybridized carbons (Fsp3) is 0.889. The Hall–Kier alpha value is -1.77. The molecule has 0 aliphatic rings. The van der Waals surface area contributed by atoms with Gasteiger partial charge in [-0.25, -0.2) is 0 Å². The maximum Gasteiger partial charge on any atom is 0.306 e. The first-order valence-electron chi connectivity index (χ1n) is 35.7. The third-order valence-corrected chi connectivity index (χ3v) is 17.1. The number of phosphoric acid groups is 1. The van der Waals surface area contributed by atoms with Crippen LogP contribution in [0.3, 0.4) is 0 Å². The zero-order valence-electron chi connectivity index (χ0n) is 55.2. The lowest BCUT2D eigenvalue weighted by atomic mass is 10.0. The van der Waals surface area contributed by atoms with E-state index in [-0.39, 0.29) is 32.0 Å². The maximum absolute atomic E-state index is 12.8. The van der Waals surface area contributed by atoms with E-state index in [2.05, 4.69) is 50.3 Å². The molecular formula is C72H138NO8P. The van der Waals surface area contributed by atoms with Crippen LogP contribution in [0.4, 0.5) is 0 Å². The zero-order chi connectivity index (χ0) is 59.8. The predicted molar refractivity (Wildman–Crippen MR) is 351 cm³/mol. The van der Waals surface area contributed by atoms with Crippen molar-refractivity contribution in [1.82, 2.24) is 0 Å². The van der Waals surface area contributed by atoms with Crippen molar-refractivity contribution in [3.05, 3.63) is 36.5 Å². The van der Waals surface area contributed by atoms with Crippen LogP contribution in [0.25, 0.3) is 0 Å². The molecular weight excluding hydrogens is 1040 g/mol. The molecule has 0 heterocycles. The Kier molecular flexibility index (Phi) is 62.3. The average Bonchev–Trinajstić information content (AvgIpc) is 3.46. The van der Waals surface area contributed by atoms with Gasteiger partial charge in [0.25, 0.3) is 7.82 Å². The second-order valence-electron chi connectivity index (χ2n) is 25.6. The van der Waals surface area contributed by atoms with Crippen LogP contribution < -0.4 is 4.89 Å². The number of phosphoric ester groups is 1. The first kappa shape index (κ1) is 80.2. The van der Waals surface area contributed by atoms with Crippen LogP contribution in [0.5, 0.6) is 0 Å². The lowest BCUT2D eigenvalue weighted by Crippen LogP contribution is -2.37. The molecule has 0 amide bonds. The van der Waals surface area contributed by atoms with Crippen molar-refractivity contribution in [3.8, 4) is 0 Å². The Morgan fingerprint density at radius 1 is 0.378 bits per heavy atom. The Morgan fingerprint density at radius 2 is 0.659 bits per heavy atom. The molecule has 0 aromatic heterocycles. The van der Waals surface area contributed by atoms with E-state index in [1.165, 1.54) is 276 Å². The summed E-state index contributed by atoms with van der Waals surface area (Å²) in [6, 6.07) is 0. The van der Waals surface area contributed by atoms with E-state index < -0.39 is 26.5 Å². The number of unbranched alkanes of at least 4 members (excludes halogenated alkanes) is 47. The maximum atomic E-state index is 12.8. The fourth-order valence-electron chi connectivity index (χ4n) is 10.6. The van der Waals surface area contributed by atoms with Crippen molar-refractivity contribution in [3.63, 3.8) is 0 Å². The van der Waals surface area contributed by atoms with Crippen LogP contribution in [0.1, 0.15) is 361 Å². The summed E-state index contributed by atoms with van der Waals surface area (Å²) in [5, 5.41) is 0. The second kappa shape index (κ2) is 63.7. The van der Waals surface area contributed by atoms with Gasteiger partial charge in [0.1, 0.15) is 19.8 Å². The van der Waals surface area contributed by atoms with Gasteiger partial charge in [-0.15, -0.1) is 0 Å². The zero-order valence-corrected chi connectivity index (χ0v) is 56.1. The molecule has 0 aliphatic carbocycles. The van der Waals surface area contributed by atoms with Crippen molar-refractivity contribution in [2.75, 3.05) is 47.5 Å². The average molecular weight is 1180 g/mol. The Bertz CT molecular complexity index is 1480. The van der Waals surface area contributed by atoms with E-state index in [9.17, 15) is 19.0 Å². The van der Waals surface area contributed by atoms with E-state index in [4.69, 9.17) is 18.5 Å². The summed E-state index contributed by atoms with van der Waals surface area (Å²) in [4.78, 5) is 38.0. The second-order valence-corrected chi connectivity index (χ2v) is 27.0. The van der Waals surface area contributed by atoms with Gasteiger partial charge in [-0.2, -0.15) is 0 Å². The van der Waals surface area contributed by atoms with Crippen molar-refractivity contribution in [2.45, 2.75) is 367 Å². The van der Waals surface area contributed by atoms with Crippen molar-refractivity contribution < 1.29 is 42.1 Å². The Balaban J connectivity index is 3.92. The third kappa shape index (κ3) is 67.4. The monoisotopic (exact) mass is 1180 g/mol. The predicted octanol–water partition coefficient (Wildman–Crippen LogP) is 22.4. The molecule has 0 bridgehead atoms. The van der Waals surface area contributed by atoms with Gasteiger partial charge in [-0.1, -0.05) is 314 Å². The standard InChI is InChI=1S/C72H138NO8P/c1-6-8-10-12-14-16-18-20-22-24-26-28-29-30-31-32-33-34-35-36-37-38-39-40-41-42-43-45-46-48-50-52-54-56-58-60-62-64-71(74)78-68-70(69-80-82(76,77)79-67-66-73(3,4)5)81-72(75)65-63-61-59-57-55-53-51-49-47-44-27-25-23-21-19-17-15-13-11-9-7-2/h19,21,24-27,70H,6-18,20,22-23,28-69H2,1-5H3/b21-19-,26-24-,27-25-. The molecule has 10 heteroatoms. The number of rotatable bonds is 67. The smallest absolute Gasteiger partial charge is 0.306 e. The molecule has 0 spiro atoms. The number of quaternary nitrogens is 1. The number of hydrogen-bond donors (Lipinski definition) is 0. The van der Waals surface area contributed by atoms with Crippen LogP contribution in [-0.2, 0) is 32.7 Å². The molecule has 0 fully saturated rings. The molecule has 0 radical (unpaired) electrons. The highest BCUT2D eigenvalue weighted by atomic mass is 31.2. The van der Waals surface area contributed by atoms with E-state index in [0.717, 1.165) is 51.4 Å². The number of ether oxygens (including phenoxy) is 2. The number of carbonyl (C=O) groups excluding carboxylic acids is 2. The Labute approximate surface area is 510 Å². The molecule has 0 aromatic rings. The summed E-state index contributed by atoms with van der Waals surface area (Å²) in [5.74, 6) is -0.820. The number of esters is 2. The number of carbonyl (C=O) groups is 2. The van der Waals surface area contributed by atoms with Gasteiger partial charge >= 0.3 is 11.9 Å². The summed E-state index contributed by atoms with van der Waals surface area (Å²) in [7, 11) is 1.18. The third-order valence-electron chi connectivity index (χ3n) is 16.1. The molecule has 2 atom stereocenters. The molecule has 82 heavy (non-hydrogen) atoms. The van der Waals surface area contributed by atoms with E-state index in [1.54, 1.807) is 0 Å². The molecule has 9 nitrogen and oxygen atoms in total. The number of nitrogens with zero attached hydrogens (tertiary/aromatic N) is 1. The minimum atomic E-state index is -4.64. The molecule has 0 N–H and O–H groups in total. The fourth-order valence-corrected chi connectivity index (χ4v) is 11.4. The molecule has 0 aromatic carbocycles. The summed E-state index contributed by atoms with van der Waals surface area (Å²) < 4.78 is 34.3. The van der Waals surface area contributed by atoms with Gasteiger partial charge in [-0.05, 0) is 70.6 Å².